The van der Waals surface area contributed by atoms with Gasteiger partial charge in [-0.1, -0.05) is 0 Å². The van der Waals surface area contributed by atoms with Gasteiger partial charge >= 0.3 is 0 Å². The third kappa shape index (κ3) is 1.67. The fourth-order valence-corrected chi connectivity index (χ4v) is 1.68. The highest BCUT2D eigenvalue weighted by Gasteiger charge is 2.27. The van der Waals surface area contributed by atoms with Crippen LogP contribution >= 0.6 is 11.6 Å². The third-order valence-corrected chi connectivity index (χ3v) is 2.36. The van der Waals surface area contributed by atoms with Gasteiger partial charge in [-0.15, -0.1) is 16.7 Å². The number of alkyl halides is 1. The van der Waals surface area contributed by atoms with Crippen LogP contribution in [0.5, 0.6) is 0 Å². The van der Waals surface area contributed by atoms with Crippen molar-refractivity contribution in [3.63, 3.8) is 0 Å². The van der Waals surface area contributed by atoms with Crippen molar-refractivity contribution < 1.29 is 0 Å². The first-order valence-electron chi connectivity index (χ1n) is 4.03. The van der Waals surface area contributed by atoms with Gasteiger partial charge in [0.05, 0.1) is 0 Å². The molecule has 1 N–H and O–H groups in total. The maximum absolute atomic E-state index is 5.83. The molecule has 1 fully saturated rings. The minimum atomic E-state index is 0.346. The molecule has 0 radical (unpaired) electrons. The summed E-state index contributed by atoms with van der Waals surface area (Å²) >= 11 is 5.83. The summed E-state index contributed by atoms with van der Waals surface area (Å²) in [7, 11) is 0. The van der Waals surface area contributed by atoms with Crippen molar-refractivity contribution in [3.05, 3.63) is 18.3 Å². The number of hydrogen-bond acceptors (Lipinski definition) is 3. The minimum absolute atomic E-state index is 0.346. The molecule has 64 valence electrons. The van der Waals surface area contributed by atoms with Crippen molar-refractivity contribution in [3.8, 4) is 0 Å². The Kier molecular flexibility index (Phi) is 2.13. The predicted octanol–water partition coefficient (Wildman–Crippen LogP) is 1.66. The SMILES string of the molecule is ClC1CC(Nc2cccnn2)C1. The quantitative estimate of drug-likeness (QED) is 0.709. The number of anilines is 1. The molecule has 0 amide bonds. The number of hydrogen-bond donors (Lipinski definition) is 1. The first-order chi connectivity index (χ1) is 5.84. The van der Waals surface area contributed by atoms with Crippen LogP contribution in [0.25, 0.3) is 0 Å². The van der Waals surface area contributed by atoms with Gasteiger partial charge in [-0.05, 0) is 25.0 Å². The summed E-state index contributed by atoms with van der Waals surface area (Å²) in [4.78, 5) is 0. The van der Waals surface area contributed by atoms with Crippen LogP contribution in [0.3, 0.4) is 0 Å². The van der Waals surface area contributed by atoms with Gasteiger partial charge in [0.15, 0.2) is 0 Å². The van der Waals surface area contributed by atoms with Gasteiger partial charge in [0.1, 0.15) is 5.82 Å². The molecule has 0 aliphatic heterocycles. The van der Waals surface area contributed by atoms with E-state index in [2.05, 4.69) is 15.5 Å². The molecule has 1 aliphatic rings. The van der Waals surface area contributed by atoms with Crippen LogP contribution in [0.4, 0.5) is 5.82 Å². The molecule has 3 nitrogen and oxygen atoms in total. The van der Waals surface area contributed by atoms with E-state index in [0.717, 1.165) is 18.7 Å². The molecule has 1 aromatic heterocycles. The van der Waals surface area contributed by atoms with Gasteiger partial charge in [0.25, 0.3) is 0 Å². The van der Waals surface area contributed by atoms with Gasteiger partial charge in [0, 0.05) is 17.6 Å². The number of aromatic nitrogens is 2. The summed E-state index contributed by atoms with van der Waals surface area (Å²) in [5.41, 5.74) is 0. The van der Waals surface area contributed by atoms with Crippen molar-refractivity contribution in [2.45, 2.75) is 24.3 Å². The highest BCUT2D eigenvalue weighted by atomic mass is 35.5. The monoisotopic (exact) mass is 183 g/mol. The summed E-state index contributed by atoms with van der Waals surface area (Å²) < 4.78 is 0. The zero-order valence-electron chi connectivity index (χ0n) is 6.57. The Morgan fingerprint density at radius 2 is 2.33 bits per heavy atom. The molecular weight excluding hydrogens is 174 g/mol. The molecule has 0 bridgehead atoms. The molecular formula is C8H10ClN3. The van der Waals surface area contributed by atoms with Crippen LogP contribution in [-0.2, 0) is 0 Å². The van der Waals surface area contributed by atoms with E-state index in [0.29, 0.717) is 11.4 Å². The van der Waals surface area contributed by atoms with Crippen LogP contribution in [-0.4, -0.2) is 21.6 Å². The molecule has 0 unspecified atom stereocenters. The van der Waals surface area contributed by atoms with E-state index in [1.54, 1.807) is 6.20 Å². The molecule has 0 atom stereocenters. The second-order valence-electron chi connectivity index (χ2n) is 3.02. The fourth-order valence-electron chi connectivity index (χ4n) is 1.25. The minimum Gasteiger partial charge on any atom is -0.366 e. The maximum Gasteiger partial charge on any atom is 0.148 e. The summed E-state index contributed by atoms with van der Waals surface area (Å²) in [6, 6.07) is 4.27. The van der Waals surface area contributed by atoms with Crippen molar-refractivity contribution in [2.24, 2.45) is 0 Å². The smallest absolute Gasteiger partial charge is 0.148 e. The lowest BCUT2D eigenvalue weighted by Gasteiger charge is -2.31. The van der Waals surface area contributed by atoms with E-state index >= 15 is 0 Å². The molecule has 1 heterocycles. The number of nitrogens with one attached hydrogen (secondary N) is 1. The Balaban J connectivity index is 1.88. The number of halogens is 1. The van der Waals surface area contributed by atoms with Crippen molar-refractivity contribution in [1.29, 1.82) is 0 Å². The van der Waals surface area contributed by atoms with E-state index in [4.69, 9.17) is 11.6 Å². The van der Waals surface area contributed by atoms with E-state index in [1.165, 1.54) is 0 Å². The molecule has 1 aromatic rings. The highest BCUT2D eigenvalue weighted by Crippen LogP contribution is 2.27. The summed E-state index contributed by atoms with van der Waals surface area (Å²) in [6.45, 7) is 0. The standard InChI is InChI=1S/C8H10ClN3/c9-6-4-7(5-6)11-8-2-1-3-10-12-8/h1-3,6-7H,4-5H2,(H,11,12). The van der Waals surface area contributed by atoms with Gasteiger partial charge in [-0.3, -0.25) is 0 Å². The second-order valence-corrected chi connectivity index (χ2v) is 3.64. The molecule has 4 heteroatoms. The Morgan fingerprint density at radius 1 is 1.50 bits per heavy atom. The molecule has 0 saturated heterocycles. The van der Waals surface area contributed by atoms with E-state index in [1.807, 2.05) is 12.1 Å². The Morgan fingerprint density at radius 3 is 2.92 bits per heavy atom. The normalized spacial score (nSPS) is 27.8. The lowest BCUT2D eigenvalue weighted by Crippen LogP contribution is -2.36. The molecule has 2 rings (SSSR count). The van der Waals surface area contributed by atoms with Crippen LogP contribution in [0.1, 0.15) is 12.8 Å². The average molecular weight is 184 g/mol. The van der Waals surface area contributed by atoms with Gasteiger partial charge in [-0.2, -0.15) is 5.10 Å². The predicted molar refractivity (Wildman–Crippen MR) is 48.3 cm³/mol. The largest absolute Gasteiger partial charge is 0.366 e. The Bertz CT molecular complexity index is 246. The highest BCUT2D eigenvalue weighted by molar-refractivity contribution is 6.21. The summed E-state index contributed by atoms with van der Waals surface area (Å²) in [6.07, 6.45) is 3.71. The topological polar surface area (TPSA) is 37.8 Å². The lowest BCUT2D eigenvalue weighted by atomic mass is 9.92. The van der Waals surface area contributed by atoms with Crippen molar-refractivity contribution >= 4 is 17.4 Å². The van der Waals surface area contributed by atoms with Crippen molar-refractivity contribution in [1.82, 2.24) is 10.2 Å². The second kappa shape index (κ2) is 3.27. The molecule has 1 saturated carbocycles. The first kappa shape index (κ1) is 7.80. The molecule has 12 heavy (non-hydrogen) atoms. The van der Waals surface area contributed by atoms with Gasteiger partial charge < -0.3 is 5.32 Å². The zero-order valence-corrected chi connectivity index (χ0v) is 7.33. The number of rotatable bonds is 2. The van der Waals surface area contributed by atoms with Crippen LogP contribution < -0.4 is 5.32 Å². The zero-order chi connectivity index (χ0) is 8.39. The average Bonchev–Trinajstić information content (AvgIpc) is 2.04. The maximum atomic E-state index is 5.83. The van der Waals surface area contributed by atoms with E-state index < -0.39 is 0 Å². The molecule has 1 aliphatic carbocycles. The summed E-state index contributed by atoms with van der Waals surface area (Å²) in [5.74, 6) is 0.839. The number of nitrogens with zero attached hydrogens (tertiary/aromatic N) is 2. The first-order valence-corrected chi connectivity index (χ1v) is 4.46. The third-order valence-electron chi connectivity index (χ3n) is 2.00. The fraction of sp³-hybridized carbons (Fsp3) is 0.500. The molecule has 0 aromatic carbocycles. The van der Waals surface area contributed by atoms with Crippen molar-refractivity contribution in [2.75, 3.05) is 5.32 Å². The summed E-state index contributed by atoms with van der Waals surface area (Å²) in [5, 5.41) is 11.3. The Labute approximate surface area is 76.1 Å². The van der Waals surface area contributed by atoms with E-state index in [-0.39, 0.29) is 0 Å². The van der Waals surface area contributed by atoms with Crippen LogP contribution in [0.2, 0.25) is 0 Å². The van der Waals surface area contributed by atoms with Gasteiger partial charge in [-0.25, -0.2) is 0 Å². The van der Waals surface area contributed by atoms with Gasteiger partial charge in [0.2, 0.25) is 0 Å². The van der Waals surface area contributed by atoms with E-state index in [9.17, 15) is 0 Å². The van der Waals surface area contributed by atoms with Crippen LogP contribution in [0, 0.1) is 0 Å². The lowest BCUT2D eigenvalue weighted by molar-refractivity contribution is 0.453. The molecule has 0 spiro atoms. The van der Waals surface area contributed by atoms with Crippen LogP contribution in [0.15, 0.2) is 18.3 Å². The Hall–Kier alpha value is -0.830.